The van der Waals surface area contributed by atoms with Crippen LogP contribution in [0.25, 0.3) is 0 Å². The molecule has 0 aromatic heterocycles. The summed E-state index contributed by atoms with van der Waals surface area (Å²) < 4.78 is 11.9. The summed E-state index contributed by atoms with van der Waals surface area (Å²) in [5.41, 5.74) is 6.42. The fourth-order valence-electron chi connectivity index (χ4n) is 2.68. The molecule has 9 heteroatoms. The minimum Gasteiger partial charge on any atom is -0.490 e. The Labute approximate surface area is 202 Å². The predicted octanol–water partition coefficient (Wildman–Crippen LogP) is 4.46. The third-order valence-electron chi connectivity index (χ3n) is 4.52. The number of carbonyl (C=O) groups excluding carboxylic acids is 2. The maximum atomic E-state index is 12.6. The molecule has 2 rings (SSSR count). The van der Waals surface area contributed by atoms with Crippen LogP contribution < -0.4 is 25.6 Å². The molecule has 3 N–H and O–H groups in total. The highest BCUT2D eigenvalue weighted by Gasteiger charge is 2.16. The first-order valence-corrected chi connectivity index (χ1v) is 11.5. The highest BCUT2D eigenvalue weighted by Crippen LogP contribution is 2.24. The minimum atomic E-state index is -0.466. The van der Waals surface area contributed by atoms with E-state index in [1.807, 2.05) is 38.1 Å². The molecular formula is C23H28BrN3O4S. The first kappa shape index (κ1) is 25.6. The number of thiocarbonyl (C=S) groups is 1. The molecule has 0 bridgehead atoms. The molecule has 32 heavy (non-hydrogen) atoms. The van der Waals surface area contributed by atoms with Crippen LogP contribution in [-0.2, 0) is 4.79 Å². The molecule has 1 unspecified atom stereocenters. The second-order valence-corrected chi connectivity index (χ2v) is 8.75. The van der Waals surface area contributed by atoms with Crippen LogP contribution >= 0.6 is 28.1 Å². The summed E-state index contributed by atoms with van der Waals surface area (Å²) in [7, 11) is 0. The molecule has 0 aliphatic rings. The smallest absolute Gasteiger partial charge is 0.276 e. The Morgan fingerprint density at radius 1 is 1.06 bits per heavy atom. The fourth-order valence-corrected chi connectivity index (χ4v) is 3.18. The van der Waals surface area contributed by atoms with Crippen LogP contribution in [0.3, 0.4) is 0 Å². The van der Waals surface area contributed by atoms with Gasteiger partial charge in [0.25, 0.3) is 11.8 Å². The molecule has 0 aliphatic heterocycles. The number of hydrogen-bond acceptors (Lipinski definition) is 5. The van der Waals surface area contributed by atoms with Crippen molar-refractivity contribution in [3.05, 3.63) is 58.1 Å². The standard InChI is InChI=1S/C23H28BrN3O4S/c1-5-15(4)16-6-9-18(10-7-16)30-13-21(28)26-27-23(32)25-22(29)19-12-17(24)8-11-20(19)31-14(2)3/h6-12,14-15H,5,13H2,1-4H3,(H,26,28)(H2,25,27,29,32). The van der Waals surface area contributed by atoms with Gasteiger partial charge in [-0.3, -0.25) is 25.8 Å². The monoisotopic (exact) mass is 521 g/mol. The van der Waals surface area contributed by atoms with E-state index in [9.17, 15) is 9.59 Å². The zero-order valence-corrected chi connectivity index (χ0v) is 20.9. The topological polar surface area (TPSA) is 88.7 Å². The van der Waals surface area contributed by atoms with Crippen LogP contribution in [0.1, 0.15) is 56.0 Å². The molecule has 2 amide bonds. The van der Waals surface area contributed by atoms with Gasteiger partial charge in [-0.1, -0.05) is 41.9 Å². The zero-order chi connectivity index (χ0) is 23.7. The summed E-state index contributed by atoms with van der Waals surface area (Å²) in [6, 6.07) is 12.8. The molecule has 0 fully saturated rings. The zero-order valence-electron chi connectivity index (χ0n) is 18.5. The van der Waals surface area contributed by atoms with Crippen LogP contribution in [0.5, 0.6) is 11.5 Å². The molecule has 0 aliphatic carbocycles. The van der Waals surface area contributed by atoms with Crippen molar-refractivity contribution < 1.29 is 19.1 Å². The number of amides is 2. The lowest BCUT2D eigenvalue weighted by Crippen LogP contribution is -2.49. The predicted molar refractivity (Wildman–Crippen MR) is 132 cm³/mol. The van der Waals surface area contributed by atoms with Crippen molar-refractivity contribution in [1.82, 2.24) is 16.2 Å². The number of benzene rings is 2. The second kappa shape index (κ2) is 12.4. The number of carbonyl (C=O) groups is 2. The molecule has 0 spiro atoms. The molecule has 172 valence electrons. The van der Waals surface area contributed by atoms with E-state index in [1.165, 1.54) is 5.56 Å². The van der Waals surface area contributed by atoms with Gasteiger partial charge in [0.1, 0.15) is 11.5 Å². The van der Waals surface area contributed by atoms with Gasteiger partial charge >= 0.3 is 0 Å². The quantitative estimate of drug-likeness (QED) is 0.351. The molecule has 2 aromatic rings. The van der Waals surface area contributed by atoms with Crippen LogP contribution in [0, 0.1) is 0 Å². The van der Waals surface area contributed by atoms with E-state index in [1.54, 1.807) is 18.2 Å². The summed E-state index contributed by atoms with van der Waals surface area (Å²) in [5, 5.41) is 2.45. The van der Waals surface area contributed by atoms with Gasteiger partial charge in [-0.15, -0.1) is 0 Å². The summed E-state index contributed by atoms with van der Waals surface area (Å²) >= 11 is 8.43. The van der Waals surface area contributed by atoms with E-state index < -0.39 is 11.8 Å². The van der Waals surface area contributed by atoms with Gasteiger partial charge in [0.05, 0.1) is 11.7 Å². The summed E-state index contributed by atoms with van der Waals surface area (Å²) in [6.45, 7) is 7.83. The average molecular weight is 522 g/mol. The van der Waals surface area contributed by atoms with Crippen molar-refractivity contribution in [2.45, 2.75) is 46.1 Å². The van der Waals surface area contributed by atoms with E-state index in [4.69, 9.17) is 21.7 Å². The van der Waals surface area contributed by atoms with E-state index >= 15 is 0 Å². The van der Waals surface area contributed by atoms with Crippen LogP contribution in [-0.4, -0.2) is 29.6 Å². The molecule has 0 saturated carbocycles. The van der Waals surface area contributed by atoms with Crippen LogP contribution in [0.2, 0.25) is 0 Å². The Hall–Kier alpha value is -2.65. The van der Waals surface area contributed by atoms with Gasteiger partial charge in [-0.05, 0) is 74.3 Å². The number of ether oxygens (including phenoxy) is 2. The van der Waals surface area contributed by atoms with Crippen molar-refractivity contribution >= 4 is 45.1 Å². The lowest BCUT2D eigenvalue weighted by Gasteiger charge is -2.15. The van der Waals surface area contributed by atoms with Crippen molar-refractivity contribution in [2.24, 2.45) is 0 Å². The maximum Gasteiger partial charge on any atom is 0.276 e. The van der Waals surface area contributed by atoms with Gasteiger partial charge in [0.15, 0.2) is 11.7 Å². The number of halogens is 1. The molecule has 1 atom stereocenters. The normalized spacial score (nSPS) is 11.4. The summed E-state index contributed by atoms with van der Waals surface area (Å²) in [4.78, 5) is 24.6. The molecule has 0 radical (unpaired) electrons. The fraction of sp³-hybridized carbons (Fsp3) is 0.348. The van der Waals surface area contributed by atoms with E-state index in [2.05, 4.69) is 45.9 Å². The Balaban J connectivity index is 1.82. The summed E-state index contributed by atoms with van der Waals surface area (Å²) in [6.07, 6.45) is 0.955. The van der Waals surface area contributed by atoms with Crippen molar-refractivity contribution in [2.75, 3.05) is 6.61 Å². The van der Waals surface area contributed by atoms with Gasteiger partial charge in [0, 0.05) is 4.47 Å². The lowest BCUT2D eigenvalue weighted by atomic mass is 9.99. The highest BCUT2D eigenvalue weighted by atomic mass is 79.9. The Kier molecular flexibility index (Phi) is 9.93. The lowest BCUT2D eigenvalue weighted by molar-refractivity contribution is -0.123. The van der Waals surface area contributed by atoms with E-state index in [0.717, 1.165) is 10.9 Å². The third-order valence-corrected chi connectivity index (χ3v) is 5.22. The number of rotatable bonds is 8. The van der Waals surface area contributed by atoms with Crippen molar-refractivity contribution in [3.63, 3.8) is 0 Å². The third kappa shape index (κ3) is 8.12. The van der Waals surface area contributed by atoms with Crippen molar-refractivity contribution in [3.8, 4) is 11.5 Å². The largest absolute Gasteiger partial charge is 0.490 e. The van der Waals surface area contributed by atoms with Crippen molar-refractivity contribution in [1.29, 1.82) is 0 Å². The highest BCUT2D eigenvalue weighted by molar-refractivity contribution is 9.10. The molecule has 2 aromatic carbocycles. The molecule has 0 heterocycles. The molecular weight excluding hydrogens is 494 g/mol. The van der Waals surface area contributed by atoms with Gasteiger partial charge < -0.3 is 9.47 Å². The van der Waals surface area contributed by atoms with Gasteiger partial charge in [-0.2, -0.15) is 0 Å². The number of hydrazine groups is 1. The molecule has 0 saturated heterocycles. The van der Waals surface area contributed by atoms with Crippen LogP contribution in [0.15, 0.2) is 46.9 Å². The molecule has 7 nitrogen and oxygen atoms in total. The van der Waals surface area contributed by atoms with E-state index in [-0.39, 0.29) is 17.8 Å². The SMILES string of the molecule is CCC(C)c1ccc(OCC(=O)NNC(=S)NC(=O)c2cc(Br)ccc2OC(C)C)cc1. The Morgan fingerprint density at radius 2 is 1.75 bits per heavy atom. The Morgan fingerprint density at radius 3 is 2.38 bits per heavy atom. The first-order chi connectivity index (χ1) is 15.2. The van der Waals surface area contributed by atoms with Crippen LogP contribution in [0.4, 0.5) is 0 Å². The number of hydrogen-bond donors (Lipinski definition) is 3. The maximum absolute atomic E-state index is 12.6. The van der Waals surface area contributed by atoms with Gasteiger partial charge in [0.2, 0.25) is 0 Å². The summed E-state index contributed by atoms with van der Waals surface area (Å²) in [5.74, 6) is 0.582. The number of nitrogens with one attached hydrogen (secondary N) is 3. The average Bonchev–Trinajstić information content (AvgIpc) is 2.76. The van der Waals surface area contributed by atoms with E-state index in [0.29, 0.717) is 23.0 Å². The first-order valence-electron chi connectivity index (χ1n) is 10.3. The Bertz CT molecular complexity index is 951. The van der Waals surface area contributed by atoms with Gasteiger partial charge in [-0.25, -0.2) is 0 Å². The second-order valence-electron chi connectivity index (χ2n) is 7.43. The minimum absolute atomic E-state index is 0.0586.